The lowest BCUT2D eigenvalue weighted by Gasteiger charge is -2.15. The van der Waals surface area contributed by atoms with Gasteiger partial charge in [-0.25, -0.2) is 14.1 Å². The molecule has 8 heteroatoms. The number of carbonyl (C=O) groups is 4. The summed E-state index contributed by atoms with van der Waals surface area (Å²) in [5.41, 5.74) is 0.758. The molecule has 1 saturated heterocycles. The summed E-state index contributed by atoms with van der Waals surface area (Å²) in [6.45, 7) is -0.492. The van der Waals surface area contributed by atoms with Gasteiger partial charge in [0.1, 0.15) is 5.82 Å². The summed E-state index contributed by atoms with van der Waals surface area (Å²) >= 11 is 1.34. The topological polar surface area (TPSA) is 80.8 Å². The van der Waals surface area contributed by atoms with Gasteiger partial charge in [-0.3, -0.25) is 14.4 Å². The van der Waals surface area contributed by atoms with Crippen LogP contribution in [-0.4, -0.2) is 35.4 Å². The molecular formula is C25H18FNO5S. The Labute approximate surface area is 193 Å². The molecule has 3 aromatic carbocycles. The van der Waals surface area contributed by atoms with Crippen molar-refractivity contribution in [1.29, 1.82) is 0 Å². The lowest BCUT2D eigenvalue weighted by molar-refractivity contribution is -0.121. The first-order valence-corrected chi connectivity index (χ1v) is 10.9. The van der Waals surface area contributed by atoms with Crippen molar-refractivity contribution in [3.05, 3.63) is 95.8 Å². The SMILES string of the molecule is O=C(COC(=O)c1ccc(N2C(=O)CC(Sc3ccccc3)C2=O)cc1)c1ccc(F)cc1. The number of esters is 1. The second-order valence-corrected chi connectivity index (χ2v) is 8.52. The molecule has 0 saturated carbocycles. The zero-order valence-electron chi connectivity index (χ0n) is 17.3. The van der Waals surface area contributed by atoms with Crippen LogP contribution >= 0.6 is 11.8 Å². The molecule has 0 aromatic heterocycles. The number of benzene rings is 3. The van der Waals surface area contributed by atoms with Crippen molar-refractivity contribution in [2.45, 2.75) is 16.6 Å². The van der Waals surface area contributed by atoms with E-state index in [9.17, 15) is 23.6 Å². The van der Waals surface area contributed by atoms with E-state index in [0.29, 0.717) is 5.69 Å². The number of imide groups is 1. The molecule has 0 aliphatic carbocycles. The molecule has 3 aromatic rings. The smallest absolute Gasteiger partial charge is 0.338 e. The van der Waals surface area contributed by atoms with E-state index in [4.69, 9.17) is 4.74 Å². The van der Waals surface area contributed by atoms with E-state index >= 15 is 0 Å². The van der Waals surface area contributed by atoms with Gasteiger partial charge in [-0.2, -0.15) is 0 Å². The third kappa shape index (κ3) is 5.18. The van der Waals surface area contributed by atoms with Gasteiger partial charge in [0.15, 0.2) is 12.4 Å². The van der Waals surface area contributed by atoms with Gasteiger partial charge in [-0.1, -0.05) is 18.2 Å². The summed E-state index contributed by atoms with van der Waals surface area (Å²) in [6, 6.07) is 20.1. The molecule has 2 amide bonds. The van der Waals surface area contributed by atoms with E-state index in [0.717, 1.165) is 21.9 Å². The van der Waals surface area contributed by atoms with Gasteiger partial charge in [0, 0.05) is 16.9 Å². The van der Waals surface area contributed by atoms with E-state index in [-0.39, 0.29) is 29.4 Å². The van der Waals surface area contributed by atoms with Crippen LogP contribution in [-0.2, 0) is 14.3 Å². The van der Waals surface area contributed by atoms with Crippen molar-refractivity contribution in [1.82, 2.24) is 0 Å². The maximum Gasteiger partial charge on any atom is 0.338 e. The summed E-state index contributed by atoms with van der Waals surface area (Å²) in [5.74, 6) is -2.28. The fourth-order valence-electron chi connectivity index (χ4n) is 3.31. The average Bonchev–Trinajstić information content (AvgIpc) is 3.11. The fraction of sp³-hybridized carbons (Fsp3) is 0.120. The van der Waals surface area contributed by atoms with Crippen LogP contribution in [0.25, 0.3) is 0 Å². The molecule has 0 N–H and O–H groups in total. The normalized spacial score (nSPS) is 15.5. The number of amides is 2. The fourth-order valence-corrected chi connectivity index (χ4v) is 4.39. The van der Waals surface area contributed by atoms with E-state index < -0.39 is 29.4 Å². The average molecular weight is 463 g/mol. The number of nitrogens with zero attached hydrogens (tertiary/aromatic N) is 1. The number of ketones is 1. The second-order valence-electron chi connectivity index (χ2n) is 7.24. The third-order valence-electron chi connectivity index (χ3n) is 4.99. The molecule has 1 fully saturated rings. The molecule has 33 heavy (non-hydrogen) atoms. The molecule has 0 radical (unpaired) electrons. The minimum absolute atomic E-state index is 0.0910. The minimum Gasteiger partial charge on any atom is -0.454 e. The Hall–Kier alpha value is -3.78. The van der Waals surface area contributed by atoms with Crippen LogP contribution in [0.2, 0.25) is 0 Å². The standard InChI is InChI=1S/C25H18FNO5S/c26-18-10-6-16(7-11-18)21(28)15-32-25(31)17-8-12-19(13-9-17)27-23(29)14-22(24(27)30)33-20-4-2-1-3-5-20/h1-13,22H,14-15H2. The molecular weight excluding hydrogens is 445 g/mol. The maximum absolute atomic E-state index is 13.0. The van der Waals surface area contributed by atoms with Gasteiger partial charge >= 0.3 is 5.97 Å². The largest absolute Gasteiger partial charge is 0.454 e. The lowest BCUT2D eigenvalue weighted by atomic mass is 10.1. The number of carbonyl (C=O) groups excluding carboxylic acids is 4. The second kappa shape index (κ2) is 9.79. The van der Waals surface area contributed by atoms with Gasteiger partial charge in [0.2, 0.25) is 11.8 Å². The highest BCUT2D eigenvalue weighted by atomic mass is 32.2. The number of hydrogen-bond acceptors (Lipinski definition) is 6. The van der Waals surface area contributed by atoms with Crippen LogP contribution in [0, 0.1) is 5.82 Å². The third-order valence-corrected chi connectivity index (χ3v) is 6.19. The summed E-state index contributed by atoms with van der Waals surface area (Å²) in [6.07, 6.45) is 0.0910. The first-order chi connectivity index (χ1) is 15.9. The first kappa shape index (κ1) is 22.4. The number of thioether (sulfide) groups is 1. The summed E-state index contributed by atoms with van der Waals surface area (Å²) < 4.78 is 18.0. The Kier molecular flexibility index (Phi) is 6.65. The predicted molar refractivity (Wildman–Crippen MR) is 121 cm³/mol. The van der Waals surface area contributed by atoms with Crippen molar-refractivity contribution < 1.29 is 28.3 Å². The summed E-state index contributed by atoms with van der Waals surface area (Å²) in [5, 5.41) is -0.512. The van der Waals surface area contributed by atoms with Crippen LogP contribution in [0.4, 0.5) is 10.1 Å². The van der Waals surface area contributed by atoms with Crippen molar-refractivity contribution in [3.8, 4) is 0 Å². The van der Waals surface area contributed by atoms with Gasteiger partial charge in [-0.05, 0) is 60.7 Å². The Morgan fingerprint density at radius 3 is 2.21 bits per heavy atom. The predicted octanol–water partition coefficient (Wildman–Crippen LogP) is 4.29. The lowest BCUT2D eigenvalue weighted by Crippen LogP contribution is -2.31. The van der Waals surface area contributed by atoms with Crippen LogP contribution in [0.5, 0.6) is 0 Å². The number of rotatable bonds is 7. The Morgan fingerprint density at radius 2 is 1.55 bits per heavy atom. The molecule has 1 aliphatic rings. The highest BCUT2D eigenvalue weighted by Gasteiger charge is 2.40. The molecule has 4 rings (SSSR count). The molecule has 0 bridgehead atoms. The highest BCUT2D eigenvalue weighted by Crippen LogP contribution is 2.33. The summed E-state index contributed by atoms with van der Waals surface area (Å²) in [4.78, 5) is 51.6. The molecule has 1 heterocycles. The van der Waals surface area contributed by atoms with Crippen molar-refractivity contribution in [3.63, 3.8) is 0 Å². The van der Waals surface area contributed by atoms with E-state index in [1.54, 1.807) is 0 Å². The number of Topliss-reactive ketones (excluding diaryl/α,β-unsaturated/α-hetero) is 1. The van der Waals surface area contributed by atoms with Crippen molar-refractivity contribution >= 4 is 41.0 Å². The first-order valence-electron chi connectivity index (χ1n) is 10.1. The number of hydrogen-bond donors (Lipinski definition) is 0. The number of halogens is 1. The van der Waals surface area contributed by atoms with Crippen LogP contribution in [0.15, 0.2) is 83.8 Å². The van der Waals surface area contributed by atoms with E-state index in [1.807, 2.05) is 30.3 Å². The Bertz CT molecular complexity index is 1200. The van der Waals surface area contributed by atoms with Gasteiger partial charge in [-0.15, -0.1) is 11.8 Å². The molecule has 0 spiro atoms. The quantitative estimate of drug-likeness (QED) is 0.295. The van der Waals surface area contributed by atoms with Crippen LogP contribution < -0.4 is 4.90 Å². The maximum atomic E-state index is 13.0. The van der Waals surface area contributed by atoms with Crippen LogP contribution in [0.1, 0.15) is 27.1 Å². The van der Waals surface area contributed by atoms with Gasteiger partial charge < -0.3 is 4.74 Å². The highest BCUT2D eigenvalue weighted by molar-refractivity contribution is 8.00. The Balaban J connectivity index is 1.37. The zero-order chi connectivity index (χ0) is 23.4. The van der Waals surface area contributed by atoms with E-state index in [1.165, 1.54) is 48.2 Å². The molecule has 6 nitrogen and oxygen atoms in total. The number of ether oxygens (including phenoxy) is 1. The van der Waals surface area contributed by atoms with Crippen molar-refractivity contribution in [2.75, 3.05) is 11.5 Å². The molecule has 1 atom stereocenters. The minimum atomic E-state index is -0.728. The monoisotopic (exact) mass is 463 g/mol. The van der Waals surface area contributed by atoms with Crippen molar-refractivity contribution in [2.24, 2.45) is 0 Å². The molecule has 1 aliphatic heterocycles. The molecule has 1 unspecified atom stereocenters. The zero-order valence-corrected chi connectivity index (χ0v) is 18.1. The van der Waals surface area contributed by atoms with E-state index in [2.05, 4.69) is 0 Å². The summed E-state index contributed by atoms with van der Waals surface area (Å²) in [7, 11) is 0. The van der Waals surface area contributed by atoms with Gasteiger partial charge in [0.25, 0.3) is 0 Å². The Morgan fingerprint density at radius 1 is 0.909 bits per heavy atom. The van der Waals surface area contributed by atoms with Gasteiger partial charge in [0.05, 0.1) is 16.5 Å². The van der Waals surface area contributed by atoms with Crippen LogP contribution in [0.3, 0.4) is 0 Å². The molecule has 166 valence electrons. The number of anilines is 1.